The lowest BCUT2D eigenvalue weighted by Crippen LogP contribution is -2.56. The summed E-state index contributed by atoms with van der Waals surface area (Å²) >= 11 is 0. The molecule has 19 heavy (non-hydrogen) atoms. The molecule has 1 saturated carbocycles. The lowest BCUT2D eigenvalue weighted by Gasteiger charge is -2.51. The lowest BCUT2D eigenvalue weighted by molar-refractivity contribution is -0.135. The first-order chi connectivity index (χ1) is 9.26. The molecule has 3 rings (SSSR count). The summed E-state index contributed by atoms with van der Waals surface area (Å²) in [5, 5.41) is 3.59. The minimum absolute atomic E-state index is 0.00102. The molecule has 1 heterocycles. The Kier molecular flexibility index (Phi) is 3.50. The summed E-state index contributed by atoms with van der Waals surface area (Å²) in [6.07, 6.45) is 3.49. The average Bonchev–Trinajstić information content (AvgIpc) is 2.38. The Balaban J connectivity index is 1.78. The van der Waals surface area contributed by atoms with Gasteiger partial charge in [-0.25, -0.2) is 0 Å². The highest BCUT2D eigenvalue weighted by Crippen LogP contribution is 2.49. The van der Waals surface area contributed by atoms with Crippen LogP contribution in [0.2, 0.25) is 0 Å². The molecule has 0 bridgehead atoms. The van der Waals surface area contributed by atoms with Crippen molar-refractivity contribution in [1.29, 1.82) is 0 Å². The van der Waals surface area contributed by atoms with Gasteiger partial charge in [-0.15, -0.1) is 0 Å². The molecular weight excluding hydrogens is 238 g/mol. The van der Waals surface area contributed by atoms with Gasteiger partial charge in [0.25, 0.3) is 0 Å². The summed E-state index contributed by atoms with van der Waals surface area (Å²) in [6, 6.07) is 8.83. The van der Waals surface area contributed by atoms with Crippen molar-refractivity contribution in [3.05, 3.63) is 29.8 Å². The third-order valence-electron chi connectivity index (χ3n) is 4.25. The molecule has 2 aliphatic rings. The fourth-order valence-corrected chi connectivity index (χ4v) is 3.42. The molecule has 1 fully saturated rings. The van der Waals surface area contributed by atoms with Gasteiger partial charge in [-0.05, 0) is 19.5 Å². The molecular formula is C16H23NO2. The molecule has 1 N–H and O–H groups in total. The molecule has 1 aromatic carbocycles. The Morgan fingerprint density at radius 2 is 2.05 bits per heavy atom. The van der Waals surface area contributed by atoms with Gasteiger partial charge < -0.3 is 14.8 Å². The molecule has 1 aliphatic heterocycles. The molecule has 1 unspecified atom stereocenters. The molecule has 104 valence electrons. The van der Waals surface area contributed by atoms with Gasteiger partial charge in [0.05, 0.1) is 6.10 Å². The van der Waals surface area contributed by atoms with Crippen LogP contribution in [0.3, 0.4) is 0 Å². The fraction of sp³-hybridized carbons (Fsp3) is 0.625. The molecule has 3 nitrogen and oxygen atoms in total. The van der Waals surface area contributed by atoms with Crippen LogP contribution < -0.4 is 10.1 Å². The first-order valence-corrected chi connectivity index (χ1v) is 7.39. The van der Waals surface area contributed by atoms with E-state index in [0.717, 1.165) is 38.2 Å². The quantitative estimate of drug-likeness (QED) is 0.903. The van der Waals surface area contributed by atoms with Crippen molar-refractivity contribution < 1.29 is 9.47 Å². The third kappa shape index (κ3) is 2.37. The van der Waals surface area contributed by atoms with Crippen LogP contribution in [-0.2, 0) is 4.74 Å². The van der Waals surface area contributed by atoms with E-state index in [1.54, 1.807) is 0 Å². The van der Waals surface area contributed by atoms with Gasteiger partial charge in [-0.2, -0.15) is 0 Å². The zero-order valence-electron chi connectivity index (χ0n) is 11.8. The van der Waals surface area contributed by atoms with Crippen molar-refractivity contribution in [1.82, 2.24) is 5.32 Å². The fourth-order valence-electron chi connectivity index (χ4n) is 3.42. The number of nitrogens with one attached hydrogen (secondary N) is 1. The number of hydrogen-bond acceptors (Lipinski definition) is 3. The van der Waals surface area contributed by atoms with Gasteiger partial charge in [-0.3, -0.25) is 0 Å². The van der Waals surface area contributed by atoms with Crippen LogP contribution in [0.1, 0.15) is 44.7 Å². The number of rotatable bonds is 4. The number of ether oxygens (including phenoxy) is 2. The highest BCUT2D eigenvalue weighted by Gasteiger charge is 2.51. The summed E-state index contributed by atoms with van der Waals surface area (Å²) in [6.45, 7) is 6.01. The van der Waals surface area contributed by atoms with Crippen molar-refractivity contribution >= 4 is 0 Å². The van der Waals surface area contributed by atoms with Crippen molar-refractivity contribution in [3.8, 4) is 5.75 Å². The Labute approximate surface area is 115 Å². The van der Waals surface area contributed by atoms with E-state index >= 15 is 0 Å². The van der Waals surface area contributed by atoms with E-state index in [1.165, 1.54) is 5.56 Å². The minimum atomic E-state index is 0.00102. The Hall–Kier alpha value is -1.06. The molecule has 1 aliphatic carbocycles. The van der Waals surface area contributed by atoms with E-state index in [4.69, 9.17) is 9.47 Å². The van der Waals surface area contributed by atoms with E-state index in [1.807, 2.05) is 0 Å². The van der Waals surface area contributed by atoms with Crippen molar-refractivity contribution in [2.45, 2.75) is 50.9 Å². The van der Waals surface area contributed by atoms with Gasteiger partial charge in [0.1, 0.15) is 11.4 Å². The standard InChI is InChI=1S/C16H23NO2/c1-3-17-14-11-16(9-12(10-16)18-4-2)19-15-8-6-5-7-13(14)15/h5-8,12,14,17H,3-4,9-11H2,1-2H3. The molecule has 0 saturated heterocycles. The molecule has 1 atom stereocenters. The van der Waals surface area contributed by atoms with E-state index in [-0.39, 0.29) is 5.60 Å². The normalized spacial score (nSPS) is 32.5. The lowest BCUT2D eigenvalue weighted by atomic mass is 9.71. The maximum absolute atomic E-state index is 6.29. The van der Waals surface area contributed by atoms with Gasteiger partial charge in [0.2, 0.25) is 0 Å². The van der Waals surface area contributed by atoms with Crippen LogP contribution in [0.4, 0.5) is 0 Å². The zero-order chi connectivity index (χ0) is 13.3. The zero-order valence-corrected chi connectivity index (χ0v) is 11.8. The second-order valence-corrected chi connectivity index (χ2v) is 5.62. The first kappa shape index (κ1) is 12.9. The van der Waals surface area contributed by atoms with Gasteiger partial charge >= 0.3 is 0 Å². The Morgan fingerprint density at radius 1 is 1.26 bits per heavy atom. The highest BCUT2D eigenvalue weighted by molar-refractivity contribution is 5.39. The maximum atomic E-state index is 6.29. The number of fused-ring (bicyclic) bond motifs is 1. The van der Waals surface area contributed by atoms with E-state index in [2.05, 4.69) is 43.4 Å². The maximum Gasteiger partial charge on any atom is 0.124 e. The summed E-state index contributed by atoms with van der Waals surface area (Å²) in [5.41, 5.74) is 1.30. The predicted octanol–water partition coefficient (Wildman–Crippen LogP) is 3.06. The summed E-state index contributed by atoms with van der Waals surface area (Å²) in [4.78, 5) is 0. The Bertz CT molecular complexity index is 440. The van der Waals surface area contributed by atoms with Crippen LogP contribution in [0.25, 0.3) is 0 Å². The second-order valence-electron chi connectivity index (χ2n) is 5.62. The summed E-state index contributed by atoms with van der Waals surface area (Å²) in [5.74, 6) is 1.05. The van der Waals surface area contributed by atoms with Gasteiger partial charge in [0, 0.05) is 37.5 Å². The third-order valence-corrected chi connectivity index (χ3v) is 4.25. The van der Waals surface area contributed by atoms with Crippen molar-refractivity contribution in [3.63, 3.8) is 0 Å². The van der Waals surface area contributed by atoms with Crippen LogP contribution in [0.15, 0.2) is 24.3 Å². The molecule has 0 radical (unpaired) electrons. The minimum Gasteiger partial charge on any atom is -0.487 e. The SMILES string of the molecule is CCNC1CC2(CC(OCC)C2)Oc2ccccc21. The molecule has 1 spiro atoms. The summed E-state index contributed by atoms with van der Waals surface area (Å²) in [7, 11) is 0. The topological polar surface area (TPSA) is 30.5 Å². The van der Waals surface area contributed by atoms with Crippen molar-refractivity contribution in [2.75, 3.05) is 13.2 Å². The van der Waals surface area contributed by atoms with Crippen LogP contribution in [0, 0.1) is 0 Å². The summed E-state index contributed by atoms with van der Waals surface area (Å²) < 4.78 is 12.0. The smallest absolute Gasteiger partial charge is 0.124 e. The molecule has 1 aromatic rings. The van der Waals surface area contributed by atoms with Crippen LogP contribution in [-0.4, -0.2) is 24.9 Å². The largest absolute Gasteiger partial charge is 0.487 e. The Morgan fingerprint density at radius 3 is 2.79 bits per heavy atom. The van der Waals surface area contributed by atoms with E-state index < -0.39 is 0 Å². The van der Waals surface area contributed by atoms with Crippen molar-refractivity contribution in [2.24, 2.45) is 0 Å². The highest BCUT2D eigenvalue weighted by atomic mass is 16.5. The van der Waals surface area contributed by atoms with Gasteiger partial charge in [-0.1, -0.05) is 25.1 Å². The first-order valence-electron chi connectivity index (χ1n) is 7.39. The van der Waals surface area contributed by atoms with E-state index in [9.17, 15) is 0 Å². The number of para-hydroxylation sites is 1. The van der Waals surface area contributed by atoms with Crippen LogP contribution >= 0.6 is 0 Å². The van der Waals surface area contributed by atoms with E-state index in [0.29, 0.717) is 12.1 Å². The number of hydrogen-bond donors (Lipinski definition) is 1. The monoisotopic (exact) mass is 261 g/mol. The predicted molar refractivity (Wildman–Crippen MR) is 75.5 cm³/mol. The van der Waals surface area contributed by atoms with Crippen LogP contribution in [0.5, 0.6) is 5.75 Å². The second kappa shape index (κ2) is 5.14. The molecule has 0 aromatic heterocycles. The molecule has 0 amide bonds. The average molecular weight is 261 g/mol. The van der Waals surface area contributed by atoms with Gasteiger partial charge in [0.15, 0.2) is 0 Å². The molecule has 3 heteroatoms. The number of benzene rings is 1.